The molecule has 0 spiro atoms. The third-order valence-electron chi connectivity index (χ3n) is 10.0. The van der Waals surface area contributed by atoms with Crippen molar-refractivity contribution in [2.75, 3.05) is 16.5 Å². The summed E-state index contributed by atoms with van der Waals surface area (Å²) >= 11 is 0. The predicted octanol–water partition coefficient (Wildman–Crippen LogP) is 12.3. The first-order valence-electron chi connectivity index (χ1n) is 18.4. The number of para-hydroxylation sites is 2. The van der Waals surface area contributed by atoms with Gasteiger partial charge in [0.2, 0.25) is 0 Å². The molecule has 1 N–H and O–H groups in total. The van der Waals surface area contributed by atoms with E-state index in [1.165, 1.54) is 33.5 Å². The third kappa shape index (κ3) is 6.70. The minimum absolute atomic E-state index is 0.220. The number of phenols is 1. The van der Waals surface area contributed by atoms with E-state index in [4.69, 9.17) is 4.98 Å². The van der Waals surface area contributed by atoms with Crippen LogP contribution in [0.3, 0.4) is 0 Å². The zero-order chi connectivity index (χ0) is 35.9. The van der Waals surface area contributed by atoms with Crippen LogP contribution in [-0.4, -0.2) is 21.3 Å². The van der Waals surface area contributed by atoms with E-state index in [1.807, 2.05) is 18.2 Å². The van der Waals surface area contributed by atoms with Crippen LogP contribution < -0.4 is 9.80 Å². The van der Waals surface area contributed by atoms with Gasteiger partial charge in [-0.25, -0.2) is 4.98 Å². The van der Waals surface area contributed by atoms with Crippen LogP contribution in [0, 0.1) is 0 Å². The van der Waals surface area contributed by atoms with Crippen LogP contribution in [0.15, 0.2) is 97.5 Å². The zero-order valence-corrected chi connectivity index (χ0v) is 31.6. The molecule has 0 fully saturated rings. The molecular formula is C45H54N4O. The van der Waals surface area contributed by atoms with Gasteiger partial charge in [-0.15, -0.1) is 0 Å². The first-order valence-corrected chi connectivity index (χ1v) is 18.4. The van der Waals surface area contributed by atoms with Crippen molar-refractivity contribution in [2.24, 2.45) is 0 Å². The normalized spacial score (nSPS) is 13.3. The highest BCUT2D eigenvalue weighted by Gasteiger charge is 2.26. The molecule has 0 saturated heterocycles. The Labute approximate surface area is 299 Å². The fourth-order valence-electron chi connectivity index (χ4n) is 7.16. The van der Waals surface area contributed by atoms with Gasteiger partial charge in [-0.05, 0) is 81.7 Å². The molecule has 0 saturated carbocycles. The number of benzene rings is 4. The number of imidazole rings is 1. The molecule has 5 nitrogen and oxygen atoms in total. The van der Waals surface area contributed by atoms with Crippen molar-refractivity contribution in [3.05, 3.63) is 125 Å². The molecule has 0 unspecified atom stereocenters. The molecular weight excluding hydrogens is 613 g/mol. The van der Waals surface area contributed by atoms with Crippen molar-refractivity contribution in [3.8, 4) is 34.1 Å². The zero-order valence-electron chi connectivity index (χ0n) is 31.6. The minimum Gasteiger partial charge on any atom is -0.507 e. The second-order valence-corrected chi connectivity index (χ2v) is 15.4. The Morgan fingerprint density at radius 2 is 1.16 bits per heavy atom. The van der Waals surface area contributed by atoms with Crippen molar-refractivity contribution < 1.29 is 5.11 Å². The average molecular weight is 667 g/mol. The van der Waals surface area contributed by atoms with Gasteiger partial charge in [0, 0.05) is 35.5 Å². The van der Waals surface area contributed by atoms with Gasteiger partial charge < -0.3 is 14.9 Å². The Hall–Kier alpha value is -4.77. The van der Waals surface area contributed by atoms with Gasteiger partial charge >= 0.3 is 0 Å². The summed E-state index contributed by atoms with van der Waals surface area (Å²) in [7, 11) is 0. The average Bonchev–Trinajstić information content (AvgIpc) is 3.76. The maximum absolute atomic E-state index is 11.1. The van der Waals surface area contributed by atoms with Crippen LogP contribution in [0.4, 0.5) is 11.4 Å². The lowest BCUT2D eigenvalue weighted by Crippen LogP contribution is -2.26. The maximum atomic E-state index is 11.1. The fraction of sp³-hybridized carbons (Fsp3) is 0.356. The summed E-state index contributed by atoms with van der Waals surface area (Å²) in [5, 5.41) is 11.1. The maximum Gasteiger partial charge on any atom is 0.148 e. The van der Waals surface area contributed by atoms with Crippen molar-refractivity contribution in [2.45, 2.75) is 98.8 Å². The Morgan fingerprint density at radius 1 is 0.580 bits per heavy atom. The highest BCUT2D eigenvalue weighted by Crippen LogP contribution is 2.41. The molecule has 4 aromatic carbocycles. The molecule has 5 heteroatoms. The summed E-state index contributed by atoms with van der Waals surface area (Å²) in [4.78, 5) is 10.00. The van der Waals surface area contributed by atoms with E-state index in [9.17, 15) is 5.11 Å². The summed E-state index contributed by atoms with van der Waals surface area (Å²) in [6, 6.07) is 27.6. The number of phenolic OH excluding ortho intramolecular Hbond substituents is 1. The van der Waals surface area contributed by atoms with Crippen LogP contribution in [0.5, 0.6) is 5.75 Å². The lowest BCUT2D eigenvalue weighted by molar-refractivity contribution is 0.477. The van der Waals surface area contributed by atoms with Crippen LogP contribution >= 0.6 is 0 Å². The monoisotopic (exact) mass is 666 g/mol. The van der Waals surface area contributed by atoms with Gasteiger partial charge in [0.1, 0.15) is 11.6 Å². The number of aromatic nitrogens is 2. The topological polar surface area (TPSA) is 44.5 Å². The number of hydrogen-bond donors (Lipinski definition) is 1. The Kier molecular flexibility index (Phi) is 9.98. The van der Waals surface area contributed by atoms with Gasteiger partial charge in [-0.3, -0.25) is 4.57 Å². The van der Waals surface area contributed by atoms with E-state index in [0.717, 1.165) is 35.1 Å². The van der Waals surface area contributed by atoms with Gasteiger partial charge in [-0.2, -0.15) is 0 Å². The Morgan fingerprint density at radius 3 is 1.74 bits per heavy atom. The molecule has 50 heavy (non-hydrogen) atoms. The van der Waals surface area contributed by atoms with E-state index in [-0.39, 0.29) is 5.75 Å². The summed E-state index contributed by atoms with van der Waals surface area (Å²) < 4.78 is 2.21. The summed E-state index contributed by atoms with van der Waals surface area (Å²) in [5.74, 6) is 2.90. The number of hydrogen-bond acceptors (Lipinski definition) is 4. The summed E-state index contributed by atoms with van der Waals surface area (Å²) in [5.41, 5.74) is 13.0. The molecule has 1 aliphatic heterocycles. The van der Waals surface area contributed by atoms with Gasteiger partial charge in [-0.1, -0.05) is 124 Å². The van der Waals surface area contributed by atoms with E-state index < -0.39 is 0 Å². The van der Waals surface area contributed by atoms with Crippen molar-refractivity contribution in [1.82, 2.24) is 9.55 Å². The predicted molar refractivity (Wildman–Crippen MR) is 212 cm³/mol. The number of anilines is 2. The van der Waals surface area contributed by atoms with E-state index in [1.54, 1.807) is 6.07 Å². The Bertz CT molecular complexity index is 1960. The molecule has 0 radical (unpaired) electrons. The quantitative estimate of drug-likeness (QED) is 0.161. The SMILES string of the molecule is CC(C)c1cc(C(C)C)c(N2C=CN(c3cccc(-c4cn(-c5c(C(C)C)cccc5C(C)C)c(-c5ccccc5O)n4)c3)C2)c(C(C)C)c1. The lowest BCUT2D eigenvalue weighted by Gasteiger charge is -2.30. The third-order valence-corrected chi connectivity index (χ3v) is 10.0. The number of aromatic hydroxyl groups is 1. The first kappa shape index (κ1) is 35.1. The molecule has 1 aromatic heterocycles. The van der Waals surface area contributed by atoms with Crippen LogP contribution in [-0.2, 0) is 0 Å². The molecule has 2 heterocycles. The van der Waals surface area contributed by atoms with E-state index in [2.05, 4.69) is 157 Å². The number of rotatable bonds is 10. The van der Waals surface area contributed by atoms with E-state index in [0.29, 0.717) is 35.2 Å². The molecule has 0 bridgehead atoms. The molecule has 6 rings (SSSR count). The smallest absolute Gasteiger partial charge is 0.148 e. The van der Waals surface area contributed by atoms with Crippen LogP contribution in [0.1, 0.15) is 127 Å². The van der Waals surface area contributed by atoms with Gasteiger partial charge in [0.05, 0.1) is 23.6 Å². The fourth-order valence-corrected chi connectivity index (χ4v) is 7.16. The molecule has 0 atom stereocenters. The summed E-state index contributed by atoms with van der Waals surface area (Å²) in [6.07, 6.45) is 6.58. The first-order chi connectivity index (χ1) is 23.8. The van der Waals surface area contributed by atoms with Crippen LogP contribution in [0.2, 0.25) is 0 Å². The largest absolute Gasteiger partial charge is 0.507 e. The van der Waals surface area contributed by atoms with Crippen molar-refractivity contribution in [3.63, 3.8) is 0 Å². The highest BCUT2D eigenvalue weighted by molar-refractivity contribution is 5.75. The highest BCUT2D eigenvalue weighted by atomic mass is 16.3. The minimum atomic E-state index is 0.220. The molecule has 0 amide bonds. The lowest BCUT2D eigenvalue weighted by atomic mass is 9.87. The standard InChI is InChI=1S/C45H54N4O/c1-28(2)34-24-39(31(7)8)43(40(25-34)32(9)10)48-22-21-47(27-48)35-16-13-15-33(23-35)41-26-49(45(46-41)38-17-11-12-20-42(38)50)44-36(29(3)4)18-14-19-37(44)30(5)6/h11-26,28-32,50H,27H2,1-10H3. The van der Waals surface area contributed by atoms with Crippen molar-refractivity contribution in [1.29, 1.82) is 0 Å². The van der Waals surface area contributed by atoms with Crippen molar-refractivity contribution >= 4 is 11.4 Å². The molecule has 1 aliphatic rings. The number of nitrogens with zero attached hydrogens (tertiary/aromatic N) is 4. The Balaban J connectivity index is 1.42. The molecule has 260 valence electrons. The second-order valence-electron chi connectivity index (χ2n) is 15.4. The van der Waals surface area contributed by atoms with Gasteiger partial charge in [0.15, 0.2) is 0 Å². The second kappa shape index (κ2) is 14.2. The molecule has 5 aromatic rings. The molecule has 0 aliphatic carbocycles. The van der Waals surface area contributed by atoms with Gasteiger partial charge in [0.25, 0.3) is 0 Å². The van der Waals surface area contributed by atoms with E-state index >= 15 is 0 Å². The van der Waals surface area contributed by atoms with Crippen LogP contribution in [0.25, 0.3) is 28.3 Å². The summed E-state index contributed by atoms with van der Waals surface area (Å²) in [6.45, 7) is 23.5.